The molecule has 0 atom stereocenters. The third-order valence-electron chi connectivity index (χ3n) is 2.49. The maximum absolute atomic E-state index is 13.8. The predicted octanol–water partition coefficient (Wildman–Crippen LogP) is 3.69. The van der Waals surface area contributed by atoms with Crippen LogP contribution in [0.15, 0.2) is 42.6 Å². The summed E-state index contributed by atoms with van der Waals surface area (Å²) in [6.45, 7) is -0.937. The van der Waals surface area contributed by atoms with Gasteiger partial charge in [0.2, 0.25) is 0 Å². The highest BCUT2D eigenvalue weighted by molar-refractivity contribution is 5.19. The first-order chi connectivity index (χ1) is 8.79. The summed E-state index contributed by atoms with van der Waals surface area (Å²) in [5.74, 6) is -3.28. The quantitative estimate of drug-likeness (QED) is 0.782. The molecule has 0 N–H and O–H groups in total. The molecular weight excluding hydrogens is 267 g/mol. The summed E-state index contributed by atoms with van der Waals surface area (Å²) in [5.41, 5.74) is -1.45. The van der Waals surface area contributed by atoms with E-state index in [9.17, 15) is 22.0 Å². The number of alkyl halides is 5. The van der Waals surface area contributed by atoms with Crippen LogP contribution in [0.2, 0.25) is 0 Å². The lowest BCUT2D eigenvalue weighted by Gasteiger charge is -2.16. The Labute approximate surface area is 105 Å². The summed E-state index contributed by atoms with van der Waals surface area (Å²) in [4.78, 5) is 0. The van der Waals surface area contributed by atoms with E-state index in [1.165, 1.54) is 24.3 Å². The van der Waals surface area contributed by atoms with E-state index in [0.29, 0.717) is 10.7 Å². The zero-order chi connectivity index (χ0) is 14.1. The third-order valence-corrected chi connectivity index (χ3v) is 2.49. The molecule has 2 aromatic rings. The minimum Gasteiger partial charge on any atom is -0.266 e. The van der Waals surface area contributed by atoms with Gasteiger partial charge in [-0.25, -0.2) is 0 Å². The van der Waals surface area contributed by atoms with Crippen LogP contribution >= 0.6 is 0 Å². The maximum Gasteiger partial charge on any atom is 0.435 e. The van der Waals surface area contributed by atoms with Gasteiger partial charge in [0.1, 0.15) is 6.54 Å². The summed E-state index contributed by atoms with van der Waals surface area (Å²) in [7, 11) is 0. The van der Waals surface area contributed by atoms with E-state index in [0.717, 1.165) is 6.20 Å². The Bertz CT molecular complexity index is 545. The summed E-state index contributed by atoms with van der Waals surface area (Å²) < 4.78 is 65.1. The van der Waals surface area contributed by atoms with Crippen LogP contribution in [0.25, 0.3) is 0 Å². The molecular formula is C12H9F5N2. The molecule has 0 spiro atoms. The predicted molar refractivity (Wildman–Crippen MR) is 57.6 cm³/mol. The number of nitrogens with zero attached hydrogens (tertiary/aromatic N) is 2. The van der Waals surface area contributed by atoms with E-state index in [4.69, 9.17) is 0 Å². The number of hydrogen-bond acceptors (Lipinski definition) is 1. The first-order valence-electron chi connectivity index (χ1n) is 5.33. The van der Waals surface area contributed by atoms with Crippen LogP contribution in [0, 0.1) is 0 Å². The Morgan fingerprint density at radius 1 is 0.947 bits per heavy atom. The number of hydrogen-bond donors (Lipinski definition) is 0. The van der Waals surface area contributed by atoms with Crippen molar-refractivity contribution in [2.45, 2.75) is 18.6 Å². The highest BCUT2D eigenvalue weighted by Gasteiger charge is 2.36. The largest absolute Gasteiger partial charge is 0.435 e. The molecule has 2 rings (SSSR count). The number of rotatable bonds is 3. The minimum atomic E-state index is -4.63. The molecule has 102 valence electrons. The molecule has 0 amide bonds. The molecule has 0 aliphatic rings. The van der Waals surface area contributed by atoms with Crippen LogP contribution in [0.5, 0.6) is 0 Å². The van der Waals surface area contributed by atoms with Crippen LogP contribution in [0.1, 0.15) is 11.3 Å². The van der Waals surface area contributed by atoms with Crippen molar-refractivity contribution >= 4 is 0 Å². The molecule has 0 radical (unpaired) electrons. The molecule has 2 nitrogen and oxygen atoms in total. The Morgan fingerprint density at radius 3 is 2.11 bits per heavy atom. The van der Waals surface area contributed by atoms with Gasteiger partial charge in [-0.2, -0.15) is 27.1 Å². The van der Waals surface area contributed by atoms with Gasteiger partial charge in [-0.1, -0.05) is 30.3 Å². The van der Waals surface area contributed by atoms with E-state index in [2.05, 4.69) is 5.10 Å². The molecule has 0 fully saturated rings. The normalized spacial score (nSPS) is 12.7. The monoisotopic (exact) mass is 276 g/mol. The summed E-state index contributed by atoms with van der Waals surface area (Å²) in [5, 5.41) is 3.10. The summed E-state index contributed by atoms with van der Waals surface area (Å²) >= 11 is 0. The number of aromatic nitrogens is 2. The zero-order valence-corrected chi connectivity index (χ0v) is 9.53. The van der Waals surface area contributed by atoms with Crippen molar-refractivity contribution in [3.8, 4) is 0 Å². The van der Waals surface area contributed by atoms with E-state index in [1.54, 1.807) is 6.07 Å². The fourth-order valence-corrected chi connectivity index (χ4v) is 1.58. The van der Waals surface area contributed by atoms with Crippen molar-refractivity contribution in [3.05, 3.63) is 53.9 Å². The van der Waals surface area contributed by atoms with E-state index in [-0.39, 0.29) is 5.56 Å². The van der Waals surface area contributed by atoms with Crippen LogP contribution < -0.4 is 0 Å². The van der Waals surface area contributed by atoms with E-state index in [1.807, 2.05) is 0 Å². The lowest BCUT2D eigenvalue weighted by Crippen LogP contribution is -2.22. The lowest BCUT2D eigenvalue weighted by atomic mass is 10.1. The topological polar surface area (TPSA) is 17.8 Å². The van der Waals surface area contributed by atoms with Gasteiger partial charge in [0.05, 0.1) is 0 Å². The lowest BCUT2D eigenvalue weighted by molar-refractivity contribution is -0.141. The van der Waals surface area contributed by atoms with E-state index < -0.39 is 24.3 Å². The Hall–Kier alpha value is -1.92. The smallest absolute Gasteiger partial charge is 0.266 e. The molecule has 0 saturated carbocycles. The average Bonchev–Trinajstić information content (AvgIpc) is 2.78. The highest BCUT2D eigenvalue weighted by atomic mass is 19.4. The van der Waals surface area contributed by atoms with Gasteiger partial charge in [-0.15, -0.1) is 0 Å². The molecule has 1 aromatic heterocycles. The second kappa shape index (κ2) is 4.64. The maximum atomic E-state index is 13.8. The number of benzene rings is 1. The van der Waals surface area contributed by atoms with Crippen molar-refractivity contribution in [1.82, 2.24) is 9.78 Å². The second-order valence-corrected chi connectivity index (χ2v) is 3.97. The number of halogens is 5. The fraction of sp³-hybridized carbons (Fsp3) is 0.250. The van der Waals surface area contributed by atoms with Crippen molar-refractivity contribution in [2.75, 3.05) is 0 Å². The molecule has 1 heterocycles. The van der Waals surface area contributed by atoms with Gasteiger partial charge in [0.15, 0.2) is 5.69 Å². The molecule has 1 aromatic carbocycles. The highest BCUT2D eigenvalue weighted by Crippen LogP contribution is 2.31. The SMILES string of the molecule is FC(F)(F)c1ccn(CC(F)(F)c2ccccc2)n1. The van der Waals surface area contributed by atoms with Gasteiger partial charge in [0.25, 0.3) is 5.92 Å². The molecule has 0 aliphatic heterocycles. The molecule has 0 bridgehead atoms. The average molecular weight is 276 g/mol. The molecule has 0 saturated heterocycles. The molecule has 19 heavy (non-hydrogen) atoms. The van der Waals surface area contributed by atoms with Crippen LogP contribution in [0.3, 0.4) is 0 Å². The molecule has 0 unspecified atom stereocenters. The van der Waals surface area contributed by atoms with Crippen molar-refractivity contribution in [1.29, 1.82) is 0 Å². The van der Waals surface area contributed by atoms with Gasteiger partial charge >= 0.3 is 6.18 Å². The summed E-state index contributed by atoms with van der Waals surface area (Å²) in [6.07, 6.45) is -3.74. The van der Waals surface area contributed by atoms with Gasteiger partial charge in [-0.05, 0) is 6.07 Å². The fourth-order valence-electron chi connectivity index (χ4n) is 1.58. The zero-order valence-electron chi connectivity index (χ0n) is 9.53. The van der Waals surface area contributed by atoms with E-state index >= 15 is 0 Å². The van der Waals surface area contributed by atoms with Gasteiger partial charge in [0, 0.05) is 11.8 Å². The molecule has 0 aliphatic carbocycles. The first kappa shape index (κ1) is 13.5. The standard InChI is InChI=1S/C12H9F5N2/c13-11(14,9-4-2-1-3-5-9)8-19-7-6-10(18-19)12(15,16)17/h1-7H,8H2. The van der Waals surface area contributed by atoms with Crippen LogP contribution in [-0.2, 0) is 18.6 Å². The van der Waals surface area contributed by atoms with Gasteiger partial charge < -0.3 is 0 Å². The Kier molecular flexibility index (Phi) is 3.30. The molecule has 7 heteroatoms. The van der Waals surface area contributed by atoms with Crippen LogP contribution in [0.4, 0.5) is 22.0 Å². The third kappa shape index (κ3) is 3.10. The van der Waals surface area contributed by atoms with Crippen LogP contribution in [-0.4, -0.2) is 9.78 Å². The second-order valence-electron chi connectivity index (χ2n) is 3.97. The van der Waals surface area contributed by atoms with Crippen molar-refractivity contribution < 1.29 is 22.0 Å². The minimum absolute atomic E-state index is 0.265. The van der Waals surface area contributed by atoms with Crippen molar-refractivity contribution in [2.24, 2.45) is 0 Å². The Balaban J connectivity index is 2.19. The first-order valence-corrected chi connectivity index (χ1v) is 5.33. The summed E-state index contributed by atoms with van der Waals surface area (Å²) in [6, 6.07) is 7.56. The Morgan fingerprint density at radius 2 is 1.58 bits per heavy atom. The van der Waals surface area contributed by atoms with Crippen molar-refractivity contribution in [3.63, 3.8) is 0 Å². The van der Waals surface area contributed by atoms with Gasteiger partial charge in [-0.3, -0.25) is 4.68 Å².